The van der Waals surface area contributed by atoms with E-state index in [1.807, 2.05) is 24.3 Å². The van der Waals surface area contributed by atoms with Crippen LogP contribution in [0.2, 0.25) is 0 Å². The Bertz CT molecular complexity index is 599. The number of hydrogen-bond acceptors (Lipinski definition) is 2. The van der Waals surface area contributed by atoms with Crippen LogP contribution < -0.4 is 4.74 Å². The molecule has 106 valence electrons. The Morgan fingerprint density at radius 1 is 1.30 bits per heavy atom. The van der Waals surface area contributed by atoms with Crippen molar-refractivity contribution in [1.82, 2.24) is 0 Å². The first-order valence-corrected chi connectivity index (χ1v) is 9.39. The molecule has 1 aromatic carbocycles. The molecule has 0 fully saturated rings. The molecule has 2 aromatic rings. The van der Waals surface area contributed by atoms with Crippen molar-refractivity contribution in [3.63, 3.8) is 0 Å². The Hall–Kier alpha value is -0.320. The van der Waals surface area contributed by atoms with Gasteiger partial charge in [0.05, 0.1) is 15.9 Å². The number of rotatable bonds is 4. The Morgan fingerprint density at radius 2 is 2.15 bits per heavy atom. The van der Waals surface area contributed by atoms with Crippen LogP contribution in [0.3, 0.4) is 0 Å². The van der Waals surface area contributed by atoms with Crippen LogP contribution in [0.1, 0.15) is 39.1 Å². The molecule has 1 atom stereocenters. The van der Waals surface area contributed by atoms with E-state index < -0.39 is 0 Å². The minimum Gasteiger partial charge on any atom is -0.493 e. The fourth-order valence-electron chi connectivity index (χ4n) is 2.59. The average molecular weight is 416 g/mol. The zero-order valence-electron chi connectivity index (χ0n) is 11.3. The van der Waals surface area contributed by atoms with Crippen molar-refractivity contribution in [1.29, 1.82) is 0 Å². The van der Waals surface area contributed by atoms with E-state index in [1.54, 1.807) is 10.4 Å². The summed E-state index contributed by atoms with van der Waals surface area (Å²) in [5.74, 6) is 0.907. The van der Waals surface area contributed by atoms with Crippen LogP contribution in [-0.4, -0.2) is 6.61 Å². The second kappa shape index (κ2) is 6.20. The van der Waals surface area contributed by atoms with Crippen LogP contribution in [0.4, 0.5) is 0 Å². The monoisotopic (exact) mass is 414 g/mol. The summed E-state index contributed by atoms with van der Waals surface area (Å²) >= 11 is 9.38. The van der Waals surface area contributed by atoms with Crippen molar-refractivity contribution in [3.8, 4) is 5.75 Å². The van der Waals surface area contributed by atoms with Gasteiger partial charge in [-0.25, -0.2) is 0 Å². The van der Waals surface area contributed by atoms with E-state index >= 15 is 0 Å². The van der Waals surface area contributed by atoms with Gasteiger partial charge >= 0.3 is 0 Å². The van der Waals surface area contributed by atoms with Crippen LogP contribution in [-0.2, 0) is 12.8 Å². The molecule has 1 unspecified atom stereocenters. The Labute approximate surface area is 140 Å². The van der Waals surface area contributed by atoms with E-state index in [4.69, 9.17) is 4.74 Å². The maximum Gasteiger partial charge on any atom is 0.133 e. The average Bonchev–Trinajstić information content (AvgIpc) is 3.01. The molecule has 20 heavy (non-hydrogen) atoms. The number of alkyl halides is 1. The number of thiophene rings is 1. The number of fused-ring (bicyclic) bond motifs is 1. The highest BCUT2D eigenvalue weighted by Crippen LogP contribution is 2.41. The Kier molecular flexibility index (Phi) is 4.53. The molecule has 1 heterocycles. The zero-order chi connectivity index (χ0) is 14.1. The fourth-order valence-corrected chi connectivity index (χ4v) is 5.06. The maximum absolute atomic E-state index is 5.57. The van der Waals surface area contributed by atoms with Gasteiger partial charge in [0.2, 0.25) is 0 Å². The van der Waals surface area contributed by atoms with Crippen LogP contribution in [0.15, 0.2) is 28.7 Å². The molecule has 0 N–H and O–H groups in total. The lowest BCUT2D eigenvalue weighted by molar-refractivity contribution is 0.338. The largest absolute Gasteiger partial charge is 0.493 e. The molecule has 0 amide bonds. The van der Waals surface area contributed by atoms with E-state index in [0.29, 0.717) is 6.61 Å². The van der Waals surface area contributed by atoms with E-state index in [0.717, 1.165) is 10.2 Å². The highest BCUT2D eigenvalue weighted by molar-refractivity contribution is 9.10. The smallest absolute Gasteiger partial charge is 0.133 e. The molecule has 0 saturated carbocycles. The van der Waals surface area contributed by atoms with Crippen molar-refractivity contribution >= 4 is 43.2 Å². The van der Waals surface area contributed by atoms with E-state index in [-0.39, 0.29) is 4.83 Å². The highest BCUT2D eigenvalue weighted by Gasteiger charge is 2.20. The third-order valence-electron chi connectivity index (χ3n) is 3.56. The van der Waals surface area contributed by atoms with Crippen LogP contribution in [0, 0.1) is 0 Å². The molecular formula is C16H16Br2OS. The van der Waals surface area contributed by atoms with Gasteiger partial charge in [-0.1, -0.05) is 22.0 Å². The van der Waals surface area contributed by atoms with E-state index in [9.17, 15) is 0 Å². The summed E-state index contributed by atoms with van der Waals surface area (Å²) < 4.78 is 6.59. The van der Waals surface area contributed by atoms with Gasteiger partial charge in [-0.3, -0.25) is 0 Å². The van der Waals surface area contributed by atoms with Gasteiger partial charge in [0.25, 0.3) is 0 Å². The predicted molar refractivity (Wildman–Crippen MR) is 92.4 cm³/mol. The second-order valence-electron chi connectivity index (χ2n) is 4.94. The van der Waals surface area contributed by atoms with Gasteiger partial charge in [-0.15, -0.1) is 11.3 Å². The molecular weight excluding hydrogens is 400 g/mol. The summed E-state index contributed by atoms with van der Waals surface area (Å²) in [5.41, 5.74) is 2.82. The molecule has 1 nitrogen and oxygen atoms in total. The minimum absolute atomic E-state index is 0.269. The van der Waals surface area contributed by atoms with Crippen molar-refractivity contribution in [2.24, 2.45) is 0 Å². The molecule has 0 aliphatic heterocycles. The lowest BCUT2D eigenvalue weighted by Crippen LogP contribution is -1.95. The summed E-state index contributed by atoms with van der Waals surface area (Å²) in [6.45, 7) is 2.69. The van der Waals surface area contributed by atoms with Crippen molar-refractivity contribution < 1.29 is 4.74 Å². The van der Waals surface area contributed by atoms with Gasteiger partial charge in [0.1, 0.15) is 5.75 Å². The molecule has 1 aromatic heterocycles. The van der Waals surface area contributed by atoms with E-state index in [2.05, 4.69) is 50.1 Å². The lowest BCUT2D eigenvalue weighted by atomic mass is 10.1. The minimum atomic E-state index is 0.269. The van der Waals surface area contributed by atoms with Crippen LogP contribution >= 0.6 is 43.2 Å². The van der Waals surface area contributed by atoms with E-state index in [1.165, 1.54) is 29.7 Å². The molecule has 4 heteroatoms. The van der Waals surface area contributed by atoms with Gasteiger partial charge in [0.15, 0.2) is 0 Å². The van der Waals surface area contributed by atoms with Gasteiger partial charge < -0.3 is 4.74 Å². The zero-order valence-corrected chi connectivity index (χ0v) is 15.3. The first-order chi connectivity index (χ1) is 9.69. The van der Waals surface area contributed by atoms with Gasteiger partial charge in [0, 0.05) is 9.75 Å². The number of ether oxygens (including phenoxy) is 1. The number of hydrogen-bond donors (Lipinski definition) is 0. The summed E-state index contributed by atoms with van der Waals surface area (Å²) in [7, 11) is 0. The molecule has 0 radical (unpaired) electrons. The molecule has 0 spiro atoms. The van der Waals surface area contributed by atoms with Crippen molar-refractivity contribution in [2.45, 2.75) is 31.0 Å². The van der Waals surface area contributed by atoms with Gasteiger partial charge in [-0.2, -0.15) is 0 Å². The number of aryl methyl sites for hydroxylation is 2. The van der Waals surface area contributed by atoms with Crippen molar-refractivity contribution in [3.05, 3.63) is 49.6 Å². The quantitative estimate of drug-likeness (QED) is 0.566. The summed E-state index contributed by atoms with van der Waals surface area (Å²) in [6, 6.07) is 8.70. The third-order valence-corrected chi connectivity index (χ3v) is 6.81. The summed E-state index contributed by atoms with van der Waals surface area (Å²) in [5, 5.41) is 0. The highest BCUT2D eigenvalue weighted by atomic mass is 79.9. The molecule has 1 aliphatic carbocycles. The molecule has 3 rings (SSSR count). The fraction of sp³-hybridized carbons (Fsp3) is 0.375. The molecule has 1 aliphatic rings. The SMILES string of the molecule is CCOc1ccc(C(Br)c2cc3c(s2)CCC3)cc1Br. The standard InChI is InChI=1S/C16H16Br2OS/c1-2-19-13-7-6-11(8-12(13)17)16(18)15-9-10-4-3-5-14(10)20-15/h6-9,16H,2-5H2,1H3. The third kappa shape index (κ3) is 2.83. The van der Waals surface area contributed by atoms with Crippen molar-refractivity contribution in [2.75, 3.05) is 6.61 Å². The first kappa shape index (κ1) is 14.6. The number of halogens is 2. The normalized spacial score (nSPS) is 15.2. The lowest BCUT2D eigenvalue weighted by Gasteiger charge is -2.12. The Balaban J connectivity index is 1.86. The number of benzene rings is 1. The van der Waals surface area contributed by atoms with Crippen LogP contribution in [0.25, 0.3) is 0 Å². The molecule has 0 bridgehead atoms. The topological polar surface area (TPSA) is 9.23 Å². The van der Waals surface area contributed by atoms with Crippen LogP contribution in [0.5, 0.6) is 5.75 Å². The summed E-state index contributed by atoms with van der Waals surface area (Å²) in [6.07, 6.45) is 3.83. The molecule has 0 saturated heterocycles. The predicted octanol–water partition coefficient (Wildman–Crippen LogP) is 5.88. The Morgan fingerprint density at radius 3 is 2.85 bits per heavy atom. The second-order valence-corrected chi connectivity index (χ2v) is 7.87. The maximum atomic E-state index is 5.57. The summed E-state index contributed by atoms with van der Waals surface area (Å²) in [4.78, 5) is 3.25. The first-order valence-electron chi connectivity index (χ1n) is 6.87. The van der Waals surface area contributed by atoms with Gasteiger partial charge in [-0.05, 0) is 71.4 Å².